The van der Waals surface area contributed by atoms with Gasteiger partial charge in [0.2, 0.25) is 11.8 Å². The van der Waals surface area contributed by atoms with Crippen molar-refractivity contribution in [2.45, 2.75) is 12.3 Å². The number of carbonyl (C=O) groups is 3. The van der Waals surface area contributed by atoms with Gasteiger partial charge in [-0.2, -0.15) is 0 Å². The number of nitrogens with one attached hydrogen (secondary N) is 2. The molecule has 2 N–H and O–H groups in total. The van der Waals surface area contributed by atoms with E-state index in [4.69, 9.17) is 23.8 Å². The monoisotopic (exact) mass is 464 g/mol. The zero-order valence-corrected chi connectivity index (χ0v) is 17.0. The van der Waals surface area contributed by atoms with E-state index >= 15 is 0 Å². The van der Waals surface area contributed by atoms with E-state index < -0.39 is 23.7 Å². The smallest absolute Gasteiger partial charge is 0.239 e. The molecule has 1 fully saturated rings. The molecule has 8 heteroatoms. The van der Waals surface area contributed by atoms with Crippen LogP contribution in [0.2, 0.25) is 5.02 Å². The minimum absolute atomic E-state index is 0.0253. The third kappa shape index (κ3) is 4.43. The maximum Gasteiger partial charge on any atom is 0.239 e. The standard InChI is InChI=1S/C19H14BrClN2O3S/c20-14-4-2-1-3-12(14)13(16-17(25)22-19(27)23-18(16)26)9-15(24)10-5-7-11(21)8-6-10/h1-8,13,16H,9H2,(H2,22,23,25,26,27)/t13-/m0/s1. The molecule has 1 heterocycles. The molecule has 1 aliphatic heterocycles. The fourth-order valence-electron chi connectivity index (χ4n) is 3.03. The van der Waals surface area contributed by atoms with Crippen LogP contribution in [0.5, 0.6) is 0 Å². The molecule has 138 valence electrons. The van der Waals surface area contributed by atoms with E-state index in [1.165, 1.54) is 0 Å². The van der Waals surface area contributed by atoms with Gasteiger partial charge in [0, 0.05) is 27.4 Å². The van der Waals surface area contributed by atoms with Gasteiger partial charge in [0.25, 0.3) is 0 Å². The molecule has 0 aromatic heterocycles. The van der Waals surface area contributed by atoms with Gasteiger partial charge in [-0.15, -0.1) is 0 Å². The molecule has 1 aliphatic rings. The number of thiocarbonyl (C=S) groups is 1. The molecule has 3 rings (SSSR count). The van der Waals surface area contributed by atoms with Crippen molar-refractivity contribution < 1.29 is 14.4 Å². The van der Waals surface area contributed by atoms with E-state index in [2.05, 4.69) is 26.6 Å². The highest BCUT2D eigenvalue weighted by atomic mass is 79.9. The Hall–Kier alpha value is -2.09. The second-order valence-electron chi connectivity index (χ2n) is 6.05. The summed E-state index contributed by atoms with van der Waals surface area (Å²) < 4.78 is 0.715. The fraction of sp³-hybridized carbons (Fsp3) is 0.158. The van der Waals surface area contributed by atoms with Crippen LogP contribution in [0.4, 0.5) is 0 Å². The van der Waals surface area contributed by atoms with Crippen LogP contribution in [0.15, 0.2) is 53.0 Å². The molecule has 2 aromatic rings. The first-order valence-corrected chi connectivity index (χ1v) is 9.63. The number of carbonyl (C=O) groups excluding carboxylic acids is 3. The molecule has 0 unspecified atom stereocenters. The molecular weight excluding hydrogens is 452 g/mol. The van der Waals surface area contributed by atoms with Crippen LogP contribution < -0.4 is 10.6 Å². The van der Waals surface area contributed by atoms with Crippen LogP contribution >= 0.6 is 39.7 Å². The Bertz CT molecular complexity index is 913. The molecular formula is C19H14BrClN2O3S. The summed E-state index contributed by atoms with van der Waals surface area (Å²) >= 11 is 14.2. The highest BCUT2D eigenvalue weighted by Crippen LogP contribution is 2.35. The zero-order valence-electron chi connectivity index (χ0n) is 13.9. The quantitative estimate of drug-likeness (QED) is 0.402. The molecule has 0 bridgehead atoms. The lowest BCUT2D eigenvalue weighted by molar-refractivity contribution is -0.136. The van der Waals surface area contributed by atoms with Gasteiger partial charge in [0.05, 0.1) is 0 Å². The second-order valence-corrected chi connectivity index (χ2v) is 7.75. The molecule has 2 amide bonds. The van der Waals surface area contributed by atoms with Gasteiger partial charge in [-0.05, 0) is 48.1 Å². The Kier molecular flexibility index (Phi) is 6.04. The predicted octanol–water partition coefficient (Wildman–Crippen LogP) is 3.61. The molecule has 0 saturated carbocycles. The van der Waals surface area contributed by atoms with E-state index in [9.17, 15) is 14.4 Å². The Morgan fingerprint density at radius 1 is 1.07 bits per heavy atom. The normalized spacial score (nSPS) is 15.9. The summed E-state index contributed by atoms with van der Waals surface area (Å²) in [6, 6.07) is 13.7. The molecule has 0 aliphatic carbocycles. The lowest BCUT2D eigenvalue weighted by Crippen LogP contribution is -2.57. The SMILES string of the molecule is O=C(C[C@@H](c1ccccc1Br)C1C(=O)NC(=S)NC1=O)c1ccc(Cl)cc1. The van der Waals surface area contributed by atoms with E-state index in [0.29, 0.717) is 20.6 Å². The lowest BCUT2D eigenvalue weighted by Gasteiger charge is -2.29. The average molecular weight is 466 g/mol. The number of hydrogen-bond acceptors (Lipinski definition) is 4. The number of amides is 2. The Balaban J connectivity index is 1.98. The number of hydrogen-bond donors (Lipinski definition) is 2. The third-order valence-electron chi connectivity index (χ3n) is 4.32. The topological polar surface area (TPSA) is 75.3 Å². The summed E-state index contributed by atoms with van der Waals surface area (Å²) in [5.41, 5.74) is 1.16. The number of Topliss-reactive ketones (excluding diaryl/α,β-unsaturated/α-hetero) is 1. The maximum absolute atomic E-state index is 12.8. The van der Waals surface area contributed by atoms with Crippen LogP contribution in [-0.2, 0) is 9.59 Å². The number of halogens is 2. The summed E-state index contributed by atoms with van der Waals surface area (Å²) in [4.78, 5) is 37.8. The summed E-state index contributed by atoms with van der Waals surface area (Å²) in [7, 11) is 0. The number of benzene rings is 2. The van der Waals surface area contributed by atoms with Crippen molar-refractivity contribution in [3.63, 3.8) is 0 Å². The van der Waals surface area contributed by atoms with Crippen molar-refractivity contribution in [1.82, 2.24) is 10.6 Å². The zero-order chi connectivity index (χ0) is 19.6. The van der Waals surface area contributed by atoms with Gasteiger partial charge >= 0.3 is 0 Å². The van der Waals surface area contributed by atoms with Crippen LogP contribution in [0.25, 0.3) is 0 Å². The highest BCUT2D eigenvalue weighted by Gasteiger charge is 2.41. The maximum atomic E-state index is 12.8. The Morgan fingerprint density at radius 2 is 1.67 bits per heavy atom. The molecule has 0 radical (unpaired) electrons. The van der Waals surface area contributed by atoms with Gasteiger partial charge < -0.3 is 10.6 Å². The average Bonchev–Trinajstić information content (AvgIpc) is 2.61. The van der Waals surface area contributed by atoms with Gasteiger partial charge in [-0.1, -0.05) is 45.7 Å². The largest absolute Gasteiger partial charge is 0.302 e. The van der Waals surface area contributed by atoms with Crippen molar-refractivity contribution in [1.29, 1.82) is 0 Å². The third-order valence-corrected chi connectivity index (χ3v) is 5.50. The van der Waals surface area contributed by atoms with E-state index in [0.717, 1.165) is 0 Å². The van der Waals surface area contributed by atoms with Crippen LogP contribution in [0.3, 0.4) is 0 Å². The fourth-order valence-corrected chi connectivity index (χ4v) is 3.94. The van der Waals surface area contributed by atoms with Crippen molar-refractivity contribution >= 4 is 62.5 Å². The summed E-state index contributed by atoms with van der Waals surface area (Å²) in [5.74, 6) is -2.97. The second kappa shape index (κ2) is 8.29. The predicted molar refractivity (Wildman–Crippen MR) is 110 cm³/mol. The summed E-state index contributed by atoms with van der Waals surface area (Å²) in [6.07, 6.45) is -0.0253. The molecule has 27 heavy (non-hydrogen) atoms. The molecule has 5 nitrogen and oxygen atoms in total. The summed E-state index contributed by atoms with van der Waals surface area (Å²) in [6.45, 7) is 0. The van der Waals surface area contributed by atoms with Gasteiger partial charge in [-0.3, -0.25) is 14.4 Å². The minimum atomic E-state index is -1.08. The van der Waals surface area contributed by atoms with Gasteiger partial charge in [-0.25, -0.2) is 0 Å². The lowest BCUT2D eigenvalue weighted by atomic mass is 9.79. The highest BCUT2D eigenvalue weighted by molar-refractivity contribution is 9.10. The molecule has 0 spiro atoms. The van der Waals surface area contributed by atoms with E-state index in [1.54, 1.807) is 42.5 Å². The van der Waals surface area contributed by atoms with Gasteiger partial charge in [0.1, 0.15) is 5.92 Å². The molecule has 2 aromatic carbocycles. The minimum Gasteiger partial charge on any atom is -0.302 e. The first-order chi connectivity index (χ1) is 12.9. The first kappa shape index (κ1) is 19.7. The van der Waals surface area contributed by atoms with Crippen molar-refractivity contribution in [3.8, 4) is 0 Å². The Labute approximate surface area is 174 Å². The van der Waals surface area contributed by atoms with Crippen molar-refractivity contribution in [3.05, 3.63) is 69.2 Å². The molecule has 1 saturated heterocycles. The first-order valence-electron chi connectivity index (χ1n) is 8.05. The molecule has 1 atom stereocenters. The van der Waals surface area contributed by atoms with Crippen molar-refractivity contribution in [2.75, 3.05) is 0 Å². The Morgan fingerprint density at radius 3 is 2.26 bits per heavy atom. The number of ketones is 1. The summed E-state index contributed by atoms with van der Waals surface area (Å²) in [5, 5.41) is 5.42. The van der Waals surface area contributed by atoms with Crippen LogP contribution in [-0.4, -0.2) is 22.7 Å². The van der Waals surface area contributed by atoms with Crippen LogP contribution in [0.1, 0.15) is 28.3 Å². The van der Waals surface area contributed by atoms with E-state index in [-0.39, 0.29) is 17.3 Å². The van der Waals surface area contributed by atoms with E-state index in [1.807, 2.05) is 6.07 Å². The van der Waals surface area contributed by atoms with Crippen molar-refractivity contribution in [2.24, 2.45) is 5.92 Å². The number of rotatable bonds is 5. The van der Waals surface area contributed by atoms with Crippen LogP contribution in [0, 0.1) is 5.92 Å². The van der Waals surface area contributed by atoms with Gasteiger partial charge in [0.15, 0.2) is 10.9 Å².